The van der Waals surface area contributed by atoms with E-state index in [9.17, 15) is 18.0 Å². The van der Waals surface area contributed by atoms with Gasteiger partial charge in [0.05, 0.1) is 24.8 Å². The Morgan fingerprint density at radius 2 is 2.25 bits per heavy atom. The summed E-state index contributed by atoms with van der Waals surface area (Å²) in [6.07, 6.45) is -3.37. The van der Waals surface area contributed by atoms with Gasteiger partial charge in [0.15, 0.2) is 0 Å². The van der Waals surface area contributed by atoms with E-state index in [1.54, 1.807) is 0 Å². The minimum absolute atomic E-state index is 0.0567. The largest absolute Gasteiger partial charge is 0.469 e. The van der Waals surface area contributed by atoms with Crippen molar-refractivity contribution < 1.29 is 22.7 Å². The quantitative estimate of drug-likeness (QED) is 0.614. The fraction of sp³-hybridized carbons (Fsp3) is 0.333. The van der Waals surface area contributed by atoms with Crippen LogP contribution in [0, 0.1) is 5.82 Å². The molecule has 0 fully saturated rings. The second-order valence-electron chi connectivity index (χ2n) is 2.85. The van der Waals surface area contributed by atoms with Crippen molar-refractivity contribution in [3.63, 3.8) is 0 Å². The molecule has 1 aromatic heterocycles. The summed E-state index contributed by atoms with van der Waals surface area (Å²) in [6, 6.07) is 0.740. The molecule has 0 amide bonds. The van der Waals surface area contributed by atoms with Crippen LogP contribution < -0.4 is 0 Å². The Morgan fingerprint density at radius 1 is 1.62 bits per heavy atom. The van der Waals surface area contributed by atoms with Gasteiger partial charge in [-0.3, -0.25) is 4.79 Å². The molecule has 0 aliphatic carbocycles. The van der Waals surface area contributed by atoms with Crippen molar-refractivity contribution in [2.45, 2.75) is 12.8 Å². The van der Waals surface area contributed by atoms with Crippen molar-refractivity contribution in [3.05, 3.63) is 28.3 Å². The van der Waals surface area contributed by atoms with Crippen molar-refractivity contribution >= 4 is 17.6 Å². The van der Waals surface area contributed by atoms with E-state index >= 15 is 0 Å². The second kappa shape index (κ2) is 5.16. The summed E-state index contributed by atoms with van der Waals surface area (Å²) in [5.74, 6) is -1.85. The predicted molar refractivity (Wildman–Crippen MR) is 49.9 cm³/mol. The summed E-state index contributed by atoms with van der Waals surface area (Å²) in [5, 5.41) is -0.645. The molecule has 0 aliphatic heterocycles. The second-order valence-corrected chi connectivity index (χ2v) is 3.21. The monoisotopic (exact) mass is 253 g/mol. The first kappa shape index (κ1) is 12.8. The normalized spacial score (nSPS) is 10.6. The van der Waals surface area contributed by atoms with E-state index in [1.807, 2.05) is 0 Å². The van der Waals surface area contributed by atoms with Gasteiger partial charge in [0.2, 0.25) is 0 Å². The summed E-state index contributed by atoms with van der Waals surface area (Å²) in [4.78, 5) is 14.3. The molecule has 88 valence electrons. The highest BCUT2D eigenvalue weighted by atomic mass is 35.5. The van der Waals surface area contributed by atoms with Crippen LogP contribution in [0.2, 0.25) is 5.15 Å². The van der Waals surface area contributed by atoms with E-state index in [0.29, 0.717) is 0 Å². The highest BCUT2D eigenvalue weighted by molar-refractivity contribution is 6.30. The average molecular weight is 254 g/mol. The third kappa shape index (κ3) is 2.85. The Balaban J connectivity index is 3.05. The molecule has 0 unspecified atom stereocenters. The molecule has 7 heteroatoms. The Kier molecular flexibility index (Phi) is 4.12. The van der Waals surface area contributed by atoms with Crippen molar-refractivity contribution in [3.8, 4) is 0 Å². The van der Waals surface area contributed by atoms with E-state index in [2.05, 4.69) is 9.72 Å². The molecule has 0 atom stereocenters. The molecule has 16 heavy (non-hydrogen) atoms. The molecule has 0 aliphatic rings. The number of alkyl halides is 2. The Morgan fingerprint density at radius 3 is 2.69 bits per heavy atom. The number of rotatable bonds is 3. The first-order valence-electron chi connectivity index (χ1n) is 4.15. The van der Waals surface area contributed by atoms with Gasteiger partial charge in [0, 0.05) is 0 Å². The van der Waals surface area contributed by atoms with E-state index < -0.39 is 28.9 Å². The highest BCUT2D eigenvalue weighted by Crippen LogP contribution is 2.28. The lowest BCUT2D eigenvalue weighted by Gasteiger charge is -2.06. The van der Waals surface area contributed by atoms with Crippen LogP contribution in [0.3, 0.4) is 0 Å². The van der Waals surface area contributed by atoms with Crippen LogP contribution >= 0.6 is 11.6 Å². The third-order valence-corrected chi connectivity index (χ3v) is 2.07. The zero-order valence-corrected chi connectivity index (χ0v) is 8.89. The lowest BCUT2D eigenvalue weighted by molar-refractivity contribution is -0.139. The standard InChI is InChI=1S/C9H7ClF3NO2/c1-16-6(15)3-4-2-5(11)7(9(12)13)8(10)14-4/h2,9H,3H2,1H3. The molecule has 0 saturated carbocycles. The molecular weight excluding hydrogens is 247 g/mol. The third-order valence-electron chi connectivity index (χ3n) is 1.79. The van der Waals surface area contributed by atoms with Crippen LogP contribution in [-0.4, -0.2) is 18.1 Å². The fourth-order valence-corrected chi connectivity index (χ4v) is 1.33. The maximum atomic E-state index is 13.2. The van der Waals surface area contributed by atoms with Gasteiger partial charge < -0.3 is 4.74 Å². The number of halogens is 4. The molecule has 1 heterocycles. The fourth-order valence-electron chi connectivity index (χ4n) is 1.05. The number of carbonyl (C=O) groups excluding carboxylic acids is 1. The van der Waals surface area contributed by atoms with Gasteiger partial charge in [-0.15, -0.1) is 0 Å². The predicted octanol–water partition coefficient (Wildman–Crippen LogP) is 2.53. The molecule has 3 nitrogen and oxygen atoms in total. The van der Waals surface area contributed by atoms with Crippen LogP contribution in [0.15, 0.2) is 6.07 Å². The number of aromatic nitrogens is 1. The van der Waals surface area contributed by atoms with Gasteiger partial charge in [-0.1, -0.05) is 11.6 Å². The average Bonchev–Trinajstić information content (AvgIpc) is 2.15. The number of hydrogen-bond acceptors (Lipinski definition) is 3. The van der Waals surface area contributed by atoms with Gasteiger partial charge in [-0.05, 0) is 6.07 Å². The lowest BCUT2D eigenvalue weighted by atomic mass is 10.2. The highest BCUT2D eigenvalue weighted by Gasteiger charge is 2.20. The molecular formula is C9H7ClF3NO2. The summed E-state index contributed by atoms with van der Waals surface area (Å²) in [5.41, 5.74) is -1.02. The zero-order chi connectivity index (χ0) is 12.3. The maximum Gasteiger partial charge on any atom is 0.311 e. The minimum Gasteiger partial charge on any atom is -0.469 e. The van der Waals surface area contributed by atoms with Crippen molar-refractivity contribution in [1.82, 2.24) is 4.98 Å². The molecule has 0 bridgehead atoms. The van der Waals surface area contributed by atoms with Crippen molar-refractivity contribution in [1.29, 1.82) is 0 Å². The van der Waals surface area contributed by atoms with E-state index in [0.717, 1.165) is 13.2 Å². The summed E-state index contributed by atoms with van der Waals surface area (Å²) in [7, 11) is 1.15. The van der Waals surface area contributed by atoms with Crippen LogP contribution in [-0.2, 0) is 16.0 Å². The van der Waals surface area contributed by atoms with Crippen molar-refractivity contribution in [2.24, 2.45) is 0 Å². The van der Waals surface area contributed by atoms with Crippen LogP contribution in [0.1, 0.15) is 17.7 Å². The Bertz CT molecular complexity index is 389. The number of esters is 1. The first-order chi connectivity index (χ1) is 7.45. The number of pyridine rings is 1. The summed E-state index contributed by atoms with van der Waals surface area (Å²) in [6.45, 7) is 0. The molecule has 0 aromatic carbocycles. The zero-order valence-electron chi connectivity index (χ0n) is 8.14. The van der Waals surface area contributed by atoms with Gasteiger partial charge in [-0.2, -0.15) is 0 Å². The van der Waals surface area contributed by atoms with Gasteiger partial charge in [0.25, 0.3) is 6.43 Å². The van der Waals surface area contributed by atoms with Gasteiger partial charge in [0.1, 0.15) is 11.0 Å². The summed E-state index contributed by atoms with van der Waals surface area (Å²) < 4.78 is 42.1. The Labute approximate surface area is 94.2 Å². The molecule has 1 rings (SSSR count). The lowest BCUT2D eigenvalue weighted by Crippen LogP contribution is -2.08. The number of carbonyl (C=O) groups is 1. The molecule has 1 aromatic rings. The van der Waals surface area contributed by atoms with E-state index in [4.69, 9.17) is 11.6 Å². The minimum atomic E-state index is -3.05. The topological polar surface area (TPSA) is 39.2 Å². The maximum absolute atomic E-state index is 13.2. The molecule has 0 radical (unpaired) electrons. The van der Waals surface area contributed by atoms with E-state index in [1.165, 1.54) is 0 Å². The van der Waals surface area contributed by atoms with E-state index in [-0.39, 0.29) is 12.1 Å². The molecule has 0 spiro atoms. The SMILES string of the molecule is COC(=O)Cc1cc(F)c(C(F)F)c(Cl)n1. The number of nitrogens with zero attached hydrogens (tertiary/aromatic N) is 1. The first-order valence-corrected chi connectivity index (χ1v) is 4.53. The molecule has 0 N–H and O–H groups in total. The molecule has 0 saturated heterocycles. The van der Waals surface area contributed by atoms with Gasteiger partial charge >= 0.3 is 5.97 Å². The van der Waals surface area contributed by atoms with Crippen LogP contribution in [0.4, 0.5) is 13.2 Å². The smallest absolute Gasteiger partial charge is 0.311 e. The number of methoxy groups -OCH3 is 1. The number of ether oxygens (including phenoxy) is 1. The van der Waals surface area contributed by atoms with Crippen molar-refractivity contribution in [2.75, 3.05) is 7.11 Å². The van der Waals surface area contributed by atoms with Crippen LogP contribution in [0.25, 0.3) is 0 Å². The van der Waals surface area contributed by atoms with Crippen LogP contribution in [0.5, 0.6) is 0 Å². The van der Waals surface area contributed by atoms with Gasteiger partial charge in [-0.25, -0.2) is 18.2 Å². The number of hydrogen-bond donors (Lipinski definition) is 0. The Hall–Kier alpha value is -1.30. The summed E-state index contributed by atoms with van der Waals surface area (Å²) >= 11 is 5.37.